The van der Waals surface area contributed by atoms with Crippen molar-refractivity contribution in [2.24, 2.45) is 28.2 Å². The Labute approximate surface area is 257 Å². The topological polar surface area (TPSA) is 53.9 Å². The van der Waals surface area contributed by atoms with Gasteiger partial charge in [-0.15, -0.1) is 0 Å². The number of nitrogens with zero attached hydrogens (tertiary/aromatic N) is 1. The van der Waals surface area contributed by atoms with Crippen LogP contribution in [0.25, 0.3) is 12.2 Å². The number of aliphatic hydroxyl groups is 1. The van der Waals surface area contributed by atoms with Crippen LogP contribution in [0.3, 0.4) is 0 Å². The largest absolute Gasteiger partial charge is 0.488 e. The van der Waals surface area contributed by atoms with Gasteiger partial charge in [0, 0.05) is 28.7 Å². The number of amidine groups is 1. The molecule has 43 heavy (non-hydrogen) atoms. The highest BCUT2D eigenvalue weighted by molar-refractivity contribution is 6.04. The van der Waals surface area contributed by atoms with Crippen LogP contribution in [-0.4, -0.2) is 28.7 Å². The Bertz CT molecular complexity index is 1550. The number of aliphatic imine (C=N–C) groups is 1. The maximum atomic E-state index is 11.5. The van der Waals surface area contributed by atoms with Crippen molar-refractivity contribution in [2.75, 3.05) is 0 Å². The van der Waals surface area contributed by atoms with E-state index in [0.29, 0.717) is 17.8 Å². The maximum absolute atomic E-state index is 11.5. The van der Waals surface area contributed by atoms with E-state index in [1.54, 1.807) is 0 Å². The smallest absolute Gasteiger partial charge is 0.134 e. The number of allylic oxidation sites excluding steroid dienone is 6. The van der Waals surface area contributed by atoms with E-state index in [2.05, 4.69) is 107 Å². The summed E-state index contributed by atoms with van der Waals surface area (Å²) in [6, 6.07) is 4.65. The van der Waals surface area contributed by atoms with Crippen molar-refractivity contribution in [3.63, 3.8) is 0 Å². The molecular weight excluding hydrogens is 528 g/mol. The third-order valence-electron chi connectivity index (χ3n) is 10.9. The van der Waals surface area contributed by atoms with Crippen LogP contribution in [0.4, 0.5) is 0 Å². The molecule has 4 heteroatoms. The Kier molecular flexibility index (Phi) is 7.04. The highest BCUT2D eigenvalue weighted by Crippen LogP contribution is 2.49. The third kappa shape index (κ3) is 5.12. The number of nitrogens with one attached hydrogen (secondary N) is 1. The van der Waals surface area contributed by atoms with E-state index in [1.807, 2.05) is 12.2 Å². The molecule has 1 aliphatic heterocycles. The van der Waals surface area contributed by atoms with Crippen molar-refractivity contribution in [3.8, 4) is 0 Å². The van der Waals surface area contributed by atoms with Gasteiger partial charge in [-0.25, -0.2) is 4.99 Å². The quantitative estimate of drug-likeness (QED) is 0.347. The summed E-state index contributed by atoms with van der Waals surface area (Å²) < 4.78 is 6.41. The Morgan fingerprint density at radius 2 is 1.77 bits per heavy atom. The van der Waals surface area contributed by atoms with E-state index >= 15 is 0 Å². The molecule has 6 unspecified atom stereocenters. The molecule has 0 aromatic heterocycles. The molecule has 0 spiro atoms. The zero-order chi connectivity index (χ0) is 29.9. The van der Waals surface area contributed by atoms with E-state index in [0.717, 1.165) is 42.1 Å². The highest BCUT2D eigenvalue weighted by Gasteiger charge is 2.38. The molecule has 224 valence electrons. The molecule has 1 heterocycles. The molecule has 7 rings (SSSR count). The van der Waals surface area contributed by atoms with Crippen LogP contribution >= 0.6 is 0 Å². The van der Waals surface area contributed by atoms with Crippen LogP contribution in [0.5, 0.6) is 0 Å². The summed E-state index contributed by atoms with van der Waals surface area (Å²) in [6.45, 7) is 10.8. The van der Waals surface area contributed by atoms with Crippen molar-refractivity contribution < 1.29 is 9.84 Å². The van der Waals surface area contributed by atoms with Crippen LogP contribution in [0.2, 0.25) is 0 Å². The van der Waals surface area contributed by atoms with Gasteiger partial charge < -0.3 is 15.2 Å². The summed E-state index contributed by atoms with van der Waals surface area (Å²) >= 11 is 0. The minimum absolute atomic E-state index is 0.0470. The summed E-state index contributed by atoms with van der Waals surface area (Å²) in [5.41, 5.74) is 7.20. The lowest BCUT2D eigenvalue weighted by atomic mass is 9.66. The SMILES string of the molecule is CC(C)(C)C(C)(C)OC1=CC(O)C(C2=CC(C3C=CCCC3)NC(c3ccc4c5c3C=CC3=CCCC(C=C4)C35)=N2)C=C1. The fourth-order valence-electron chi connectivity index (χ4n) is 7.39. The number of rotatable bonds is 5. The average molecular weight is 575 g/mol. The summed E-state index contributed by atoms with van der Waals surface area (Å²) in [5, 5.41) is 15.3. The van der Waals surface area contributed by atoms with Gasteiger partial charge in [-0.3, -0.25) is 0 Å². The first-order valence-corrected chi connectivity index (χ1v) is 16.3. The molecule has 0 saturated heterocycles. The van der Waals surface area contributed by atoms with Crippen molar-refractivity contribution in [3.05, 3.63) is 106 Å². The Morgan fingerprint density at radius 1 is 0.907 bits per heavy atom. The molecule has 6 atom stereocenters. The lowest BCUT2D eigenvalue weighted by Crippen LogP contribution is -2.43. The van der Waals surface area contributed by atoms with Crippen LogP contribution < -0.4 is 5.32 Å². The molecular formula is C39H46N2O2. The van der Waals surface area contributed by atoms with Gasteiger partial charge in [0.15, 0.2) is 0 Å². The van der Waals surface area contributed by atoms with E-state index in [1.165, 1.54) is 35.1 Å². The van der Waals surface area contributed by atoms with E-state index in [9.17, 15) is 5.11 Å². The Morgan fingerprint density at radius 3 is 2.53 bits per heavy atom. The number of ether oxygens (including phenoxy) is 1. The summed E-state index contributed by atoms with van der Waals surface area (Å²) in [5.74, 6) is 2.80. The predicted molar refractivity (Wildman–Crippen MR) is 177 cm³/mol. The molecule has 1 aromatic carbocycles. The van der Waals surface area contributed by atoms with Crippen molar-refractivity contribution in [1.82, 2.24) is 5.32 Å². The number of benzene rings is 1. The first-order valence-electron chi connectivity index (χ1n) is 16.3. The second-order valence-electron chi connectivity index (χ2n) is 14.7. The van der Waals surface area contributed by atoms with Crippen molar-refractivity contribution in [1.29, 1.82) is 0 Å². The Hall–Kier alpha value is -3.37. The fourth-order valence-corrected chi connectivity index (χ4v) is 7.39. The zero-order valence-corrected chi connectivity index (χ0v) is 26.3. The van der Waals surface area contributed by atoms with Gasteiger partial charge in [-0.1, -0.05) is 81.5 Å². The second kappa shape index (κ2) is 10.7. The molecule has 0 radical (unpaired) electrons. The lowest BCUT2D eigenvalue weighted by molar-refractivity contribution is -0.0497. The van der Waals surface area contributed by atoms with Crippen LogP contribution in [0, 0.1) is 23.2 Å². The van der Waals surface area contributed by atoms with Gasteiger partial charge in [0.1, 0.15) is 17.2 Å². The minimum atomic E-state index is -0.713. The van der Waals surface area contributed by atoms with E-state index in [4.69, 9.17) is 9.73 Å². The normalized spacial score (nSPS) is 30.9. The molecule has 6 aliphatic rings. The van der Waals surface area contributed by atoms with Gasteiger partial charge in [-0.2, -0.15) is 0 Å². The number of hydrogen-bond donors (Lipinski definition) is 2. The molecule has 0 amide bonds. The van der Waals surface area contributed by atoms with E-state index in [-0.39, 0.29) is 23.0 Å². The first-order chi connectivity index (χ1) is 20.6. The van der Waals surface area contributed by atoms with Crippen LogP contribution in [-0.2, 0) is 4.74 Å². The van der Waals surface area contributed by atoms with Crippen molar-refractivity contribution >= 4 is 18.0 Å². The molecule has 4 nitrogen and oxygen atoms in total. The minimum Gasteiger partial charge on any atom is -0.488 e. The zero-order valence-electron chi connectivity index (χ0n) is 26.3. The van der Waals surface area contributed by atoms with Crippen molar-refractivity contribution in [2.45, 2.75) is 90.4 Å². The van der Waals surface area contributed by atoms with Crippen LogP contribution in [0.15, 0.2) is 88.8 Å². The third-order valence-corrected chi connectivity index (χ3v) is 10.9. The fraction of sp³-hybridized carbons (Fsp3) is 0.462. The van der Waals surface area contributed by atoms with E-state index < -0.39 is 6.10 Å². The number of hydrogen-bond acceptors (Lipinski definition) is 4. The van der Waals surface area contributed by atoms with Gasteiger partial charge in [0.2, 0.25) is 0 Å². The lowest BCUT2D eigenvalue weighted by Gasteiger charge is -2.40. The molecule has 1 aromatic rings. The summed E-state index contributed by atoms with van der Waals surface area (Å²) in [4.78, 5) is 5.28. The molecule has 2 N–H and O–H groups in total. The monoisotopic (exact) mass is 574 g/mol. The predicted octanol–water partition coefficient (Wildman–Crippen LogP) is 8.39. The first kappa shape index (κ1) is 28.4. The van der Waals surface area contributed by atoms with Gasteiger partial charge in [-0.05, 0) is 92.4 Å². The molecule has 0 saturated carbocycles. The van der Waals surface area contributed by atoms with Gasteiger partial charge in [0.05, 0.1) is 17.8 Å². The van der Waals surface area contributed by atoms with Crippen LogP contribution in [0.1, 0.15) is 94.9 Å². The maximum Gasteiger partial charge on any atom is 0.134 e. The number of aliphatic hydroxyl groups excluding tert-OH is 1. The van der Waals surface area contributed by atoms with Gasteiger partial charge >= 0.3 is 0 Å². The second-order valence-corrected chi connectivity index (χ2v) is 14.7. The molecule has 0 fully saturated rings. The molecule has 5 aliphatic carbocycles. The summed E-state index contributed by atoms with van der Waals surface area (Å²) in [6.07, 6.45) is 29.9. The average Bonchev–Trinajstić information content (AvgIpc) is 2.99. The standard InChI is InChI=1S/C39H46N2O2/c1-38(2,3)39(4,5)43-28-18-21-31(34(42)22-28)33-23-32(24-10-7-6-8-11-24)40-37(41-33)30-20-17-27-15-14-25-12-9-13-26-16-19-29(30)36(27)35(25)26/h7,10,13-25,31-32,34-35,42H,6,8-9,11-12H2,1-5H3,(H,40,41). The highest BCUT2D eigenvalue weighted by atomic mass is 16.5. The summed E-state index contributed by atoms with van der Waals surface area (Å²) in [7, 11) is 0. The Balaban J connectivity index is 1.25. The molecule has 0 bridgehead atoms. The van der Waals surface area contributed by atoms with Gasteiger partial charge in [0.25, 0.3) is 0 Å².